The van der Waals surface area contributed by atoms with Crippen LogP contribution < -0.4 is 15.6 Å². The van der Waals surface area contributed by atoms with E-state index in [1.807, 2.05) is 13.8 Å². The molecule has 0 spiro atoms. The second-order valence-electron chi connectivity index (χ2n) is 7.02. The second-order valence-corrected chi connectivity index (χ2v) is 7.96. The van der Waals surface area contributed by atoms with E-state index in [2.05, 4.69) is 15.3 Å². The molecule has 1 amide bonds. The maximum Gasteiger partial charge on any atom is 0.283 e. The molecule has 2 N–H and O–H groups in total. The van der Waals surface area contributed by atoms with Gasteiger partial charge in [0.2, 0.25) is 5.91 Å². The average Bonchev–Trinajstić information content (AvgIpc) is 3.15. The van der Waals surface area contributed by atoms with Gasteiger partial charge in [-0.1, -0.05) is 11.8 Å². The van der Waals surface area contributed by atoms with Gasteiger partial charge in [-0.2, -0.15) is 0 Å². The van der Waals surface area contributed by atoms with Crippen molar-refractivity contribution in [3.8, 4) is 11.4 Å². The predicted molar refractivity (Wildman–Crippen MR) is 123 cm³/mol. The molecular weight excluding hydrogens is 431 g/mol. The number of thioether (sulfide) groups is 1. The van der Waals surface area contributed by atoms with Crippen LogP contribution in [-0.2, 0) is 4.79 Å². The molecule has 0 bridgehead atoms. The lowest BCUT2D eigenvalue weighted by molar-refractivity contribution is -0.113. The quantitative estimate of drug-likeness (QED) is 0.323. The first kappa shape index (κ1) is 21.6. The molecule has 9 heteroatoms. The molecule has 0 atom stereocenters. The maximum absolute atomic E-state index is 13.4. The van der Waals surface area contributed by atoms with Crippen molar-refractivity contribution in [2.75, 3.05) is 17.7 Å². The summed E-state index contributed by atoms with van der Waals surface area (Å²) in [6, 6.07) is 14.4. The Hall–Kier alpha value is -3.59. The molecule has 2 aromatic heterocycles. The highest BCUT2D eigenvalue weighted by molar-refractivity contribution is 7.99. The number of halogens is 1. The molecule has 4 rings (SSSR count). The molecule has 0 radical (unpaired) electrons. The van der Waals surface area contributed by atoms with Gasteiger partial charge in [-0.15, -0.1) is 0 Å². The van der Waals surface area contributed by atoms with Crippen molar-refractivity contribution in [2.24, 2.45) is 0 Å². The van der Waals surface area contributed by atoms with E-state index >= 15 is 0 Å². The third-order valence-corrected chi connectivity index (χ3v) is 5.56. The van der Waals surface area contributed by atoms with E-state index in [1.165, 1.54) is 28.8 Å². The average molecular weight is 453 g/mol. The van der Waals surface area contributed by atoms with Crippen LogP contribution in [-0.4, -0.2) is 32.8 Å². The maximum atomic E-state index is 13.4. The summed E-state index contributed by atoms with van der Waals surface area (Å²) in [6.07, 6.45) is 0. The number of rotatable bonds is 7. The molecule has 2 heterocycles. The summed E-state index contributed by atoms with van der Waals surface area (Å²) in [6.45, 7) is 4.30. The normalized spacial score (nSPS) is 11.0. The van der Waals surface area contributed by atoms with Gasteiger partial charge in [0.05, 0.1) is 23.6 Å². The number of fused-ring (bicyclic) bond motifs is 1. The Balaban J connectivity index is 1.59. The highest BCUT2D eigenvalue weighted by Gasteiger charge is 2.16. The first-order chi connectivity index (χ1) is 15.4. The van der Waals surface area contributed by atoms with Gasteiger partial charge in [0.1, 0.15) is 17.1 Å². The molecule has 0 aliphatic carbocycles. The van der Waals surface area contributed by atoms with Crippen LogP contribution in [0.25, 0.3) is 16.7 Å². The fourth-order valence-electron chi connectivity index (χ4n) is 3.22. The van der Waals surface area contributed by atoms with E-state index in [0.717, 1.165) is 23.2 Å². The standard InChI is InChI=1S/C23H21FN4O3S/c1-3-31-18-10-6-16(7-11-18)26-20(29)13-32-23-27-19-12-14(2)25-21(19)22(30)28(23)17-8-4-15(24)5-9-17/h4-12,25H,3,13H2,1-2H3,(H,26,29). The number of aromatic amines is 1. The molecule has 2 aromatic carbocycles. The van der Waals surface area contributed by atoms with Gasteiger partial charge in [-0.25, -0.2) is 9.37 Å². The molecule has 0 saturated heterocycles. The van der Waals surface area contributed by atoms with Gasteiger partial charge in [-0.3, -0.25) is 14.2 Å². The van der Waals surface area contributed by atoms with Crippen LogP contribution in [0.15, 0.2) is 64.5 Å². The van der Waals surface area contributed by atoms with Crippen LogP contribution in [0.4, 0.5) is 10.1 Å². The van der Waals surface area contributed by atoms with Crippen molar-refractivity contribution in [3.63, 3.8) is 0 Å². The van der Waals surface area contributed by atoms with Gasteiger partial charge >= 0.3 is 0 Å². The summed E-state index contributed by atoms with van der Waals surface area (Å²) >= 11 is 1.13. The first-order valence-electron chi connectivity index (χ1n) is 9.98. The zero-order valence-corrected chi connectivity index (χ0v) is 18.3. The molecule has 0 fully saturated rings. The Morgan fingerprint density at radius 3 is 2.59 bits per heavy atom. The van der Waals surface area contributed by atoms with Crippen LogP contribution in [0.2, 0.25) is 0 Å². The molecule has 164 valence electrons. The van der Waals surface area contributed by atoms with Gasteiger partial charge in [0, 0.05) is 11.4 Å². The van der Waals surface area contributed by atoms with Crippen molar-refractivity contribution >= 4 is 34.4 Å². The number of hydrogen-bond acceptors (Lipinski definition) is 5. The van der Waals surface area contributed by atoms with Crippen LogP contribution in [0, 0.1) is 12.7 Å². The second kappa shape index (κ2) is 9.27. The number of hydrogen-bond donors (Lipinski definition) is 2. The molecular formula is C23H21FN4O3S. The van der Waals surface area contributed by atoms with Crippen molar-refractivity contribution in [1.82, 2.24) is 14.5 Å². The van der Waals surface area contributed by atoms with E-state index in [0.29, 0.717) is 34.2 Å². The summed E-state index contributed by atoms with van der Waals surface area (Å²) in [5.41, 5.74) is 2.46. The molecule has 7 nitrogen and oxygen atoms in total. The van der Waals surface area contributed by atoms with Crippen molar-refractivity contribution < 1.29 is 13.9 Å². The van der Waals surface area contributed by atoms with E-state index < -0.39 is 5.82 Å². The number of anilines is 1. The third kappa shape index (κ3) is 4.67. The minimum atomic E-state index is -0.407. The Labute approximate surface area is 187 Å². The number of amides is 1. The zero-order valence-electron chi connectivity index (χ0n) is 17.5. The van der Waals surface area contributed by atoms with E-state index in [1.54, 1.807) is 30.3 Å². The Bertz CT molecular complexity index is 1310. The molecule has 32 heavy (non-hydrogen) atoms. The number of nitrogens with one attached hydrogen (secondary N) is 2. The predicted octanol–water partition coefficient (Wildman–Crippen LogP) is 4.29. The highest BCUT2D eigenvalue weighted by Crippen LogP contribution is 2.23. The SMILES string of the molecule is CCOc1ccc(NC(=O)CSc2nc3cc(C)[nH]c3c(=O)n2-c2ccc(F)cc2)cc1. The fraction of sp³-hybridized carbons (Fsp3) is 0.174. The van der Waals surface area contributed by atoms with E-state index in [9.17, 15) is 14.0 Å². The Kier molecular flexibility index (Phi) is 6.27. The highest BCUT2D eigenvalue weighted by atomic mass is 32.2. The first-order valence-corrected chi connectivity index (χ1v) is 11.0. The lowest BCUT2D eigenvalue weighted by Gasteiger charge is -2.12. The van der Waals surface area contributed by atoms with Crippen LogP contribution in [0.1, 0.15) is 12.6 Å². The number of H-pyrrole nitrogens is 1. The third-order valence-electron chi connectivity index (χ3n) is 4.62. The summed E-state index contributed by atoms with van der Waals surface area (Å²) in [5.74, 6) is 0.109. The number of nitrogens with zero attached hydrogens (tertiary/aromatic N) is 2. The van der Waals surface area contributed by atoms with Crippen LogP contribution in [0.3, 0.4) is 0 Å². The fourth-order valence-corrected chi connectivity index (χ4v) is 4.03. The topological polar surface area (TPSA) is 89.0 Å². The summed E-state index contributed by atoms with van der Waals surface area (Å²) in [7, 11) is 0. The molecule has 0 aliphatic rings. The molecule has 0 saturated carbocycles. The minimum absolute atomic E-state index is 0.0375. The Morgan fingerprint density at radius 1 is 1.19 bits per heavy atom. The van der Waals surface area contributed by atoms with E-state index in [-0.39, 0.29) is 17.2 Å². The van der Waals surface area contributed by atoms with Crippen molar-refractivity contribution in [1.29, 1.82) is 0 Å². The lowest BCUT2D eigenvalue weighted by Crippen LogP contribution is -2.23. The van der Waals surface area contributed by atoms with Gasteiger partial charge in [0.25, 0.3) is 5.56 Å². The molecule has 0 aliphatic heterocycles. The zero-order chi connectivity index (χ0) is 22.7. The number of carbonyl (C=O) groups is 1. The lowest BCUT2D eigenvalue weighted by atomic mass is 10.3. The van der Waals surface area contributed by atoms with E-state index in [4.69, 9.17) is 4.74 Å². The number of carbonyl (C=O) groups excluding carboxylic acids is 1. The number of benzene rings is 2. The summed E-state index contributed by atoms with van der Waals surface area (Å²) in [4.78, 5) is 33.2. The molecule has 4 aromatic rings. The minimum Gasteiger partial charge on any atom is -0.494 e. The van der Waals surface area contributed by atoms with Gasteiger partial charge in [0.15, 0.2) is 5.16 Å². The largest absolute Gasteiger partial charge is 0.494 e. The number of aromatic nitrogens is 3. The smallest absolute Gasteiger partial charge is 0.283 e. The molecule has 0 unspecified atom stereocenters. The Morgan fingerprint density at radius 2 is 1.91 bits per heavy atom. The summed E-state index contributed by atoms with van der Waals surface area (Å²) in [5, 5.41) is 3.16. The monoisotopic (exact) mass is 452 g/mol. The summed E-state index contributed by atoms with van der Waals surface area (Å²) < 4.78 is 20.2. The van der Waals surface area contributed by atoms with Crippen LogP contribution in [0.5, 0.6) is 5.75 Å². The number of ether oxygens (including phenoxy) is 1. The number of aryl methyl sites for hydroxylation is 1. The van der Waals surface area contributed by atoms with Gasteiger partial charge in [-0.05, 0) is 68.4 Å². The van der Waals surface area contributed by atoms with Gasteiger partial charge < -0.3 is 15.0 Å². The van der Waals surface area contributed by atoms with Crippen LogP contribution >= 0.6 is 11.8 Å². The van der Waals surface area contributed by atoms with Crippen molar-refractivity contribution in [2.45, 2.75) is 19.0 Å². The van der Waals surface area contributed by atoms with Crippen molar-refractivity contribution in [3.05, 3.63) is 76.5 Å².